The molecule has 1 aromatic rings. The summed E-state index contributed by atoms with van der Waals surface area (Å²) in [5.74, 6) is 0. The van der Waals surface area contributed by atoms with E-state index in [2.05, 4.69) is 0 Å². The highest BCUT2D eigenvalue weighted by molar-refractivity contribution is 6.09. The van der Waals surface area contributed by atoms with Crippen molar-refractivity contribution in [2.75, 3.05) is 0 Å². The summed E-state index contributed by atoms with van der Waals surface area (Å²) in [6, 6.07) is 10.1. The Morgan fingerprint density at radius 2 is 1.90 bits per heavy atom. The third-order valence-corrected chi connectivity index (χ3v) is 1.25. The van der Waals surface area contributed by atoms with Crippen molar-refractivity contribution in [2.24, 2.45) is 0 Å². The van der Waals surface area contributed by atoms with Crippen molar-refractivity contribution in [3.05, 3.63) is 42.0 Å². The second-order valence-electron chi connectivity index (χ2n) is 2.05. The molecule has 0 saturated heterocycles. The van der Waals surface area contributed by atoms with Gasteiger partial charge in [0.05, 0.1) is 7.85 Å². The van der Waals surface area contributed by atoms with Crippen molar-refractivity contribution in [3.8, 4) is 0 Å². The van der Waals surface area contributed by atoms with E-state index in [1.54, 1.807) is 0 Å². The van der Waals surface area contributed by atoms with Crippen molar-refractivity contribution in [2.45, 2.75) is 6.32 Å². The van der Waals surface area contributed by atoms with Crippen LogP contribution in [0.15, 0.2) is 36.4 Å². The van der Waals surface area contributed by atoms with E-state index in [1.165, 1.54) is 5.56 Å². The van der Waals surface area contributed by atoms with Crippen LogP contribution < -0.4 is 0 Å². The summed E-state index contributed by atoms with van der Waals surface area (Å²) >= 11 is 0. The maximum absolute atomic E-state index is 5.29. The van der Waals surface area contributed by atoms with Gasteiger partial charge in [0.2, 0.25) is 0 Å². The number of rotatable bonds is 2. The highest BCUT2D eigenvalue weighted by atomic mass is 13.8. The molecular weight excluding hydrogens is 119 g/mol. The lowest BCUT2D eigenvalue weighted by Gasteiger charge is -1.88. The first-order valence-electron chi connectivity index (χ1n) is 3.35. The lowest BCUT2D eigenvalue weighted by Crippen LogP contribution is -1.67. The van der Waals surface area contributed by atoms with Gasteiger partial charge in [-0.1, -0.05) is 48.8 Å². The molecule has 0 amide bonds. The fourth-order valence-corrected chi connectivity index (χ4v) is 0.768. The van der Waals surface area contributed by atoms with Crippen LogP contribution in [0, 0.1) is 0 Å². The van der Waals surface area contributed by atoms with Crippen molar-refractivity contribution in [1.29, 1.82) is 0 Å². The minimum atomic E-state index is 0.606. The molecule has 1 aromatic carbocycles. The first-order chi connectivity index (χ1) is 4.93. The van der Waals surface area contributed by atoms with Crippen molar-refractivity contribution in [3.63, 3.8) is 0 Å². The first kappa shape index (κ1) is 7.14. The Kier molecular flexibility index (Phi) is 2.81. The number of allylic oxidation sites excluding steroid dienone is 1. The third-order valence-electron chi connectivity index (χ3n) is 1.25. The second kappa shape index (κ2) is 3.94. The van der Waals surface area contributed by atoms with Crippen LogP contribution in [0.3, 0.4) is 0 Å². The molecule has 0 fully saturated rings. The minimum Gasteiger partial charge on any atom is -0.0925 e. The van der Waals surface area contributed by atoms with Crippen LogP contribution >= 0.6 is 0 Å². The Hall–Kier alpha value is -0.975. The fraction of sp³-hybridized carbons (Fsp3) is 0.111. The second-order valence-corrected chi connectivity index (χ2v) is 2.05. The van der Waals surface area contributed by atoms with E-state index in [-0.39, 0.29) is 0 Å². The molecule has 0 unspecified atom stereocenters. The molecule has 0 atom stereocenters. The monoisotopic (exact) mass is 128 g/mol. The van der Waals surface area contributed by atoms with Crippen molar-refractivity contribution >= 4 is 13.9 Å². The van der Waals surface area contributed by atoms with E-state index >= 15 is 0 Å². The molecular formula is C9H9B. The topological polar surface area (TPSA) is 0 Å². The Labute approximate surface area is 63.0 Å². The molecule has 0 saturated carbocycles. The SMILES string of the molecule is [B]CC=Cc1ccccc1. The molecule has 1 heteroatoms. The van der Waals surface area contributed by atoms with Gasteiger partial charge >= 0.3 is 0 Å². The smallest absolute Gasteiger partial charge is 0.0708 e. The molecule has 0 aliphatic heterocycles. The Morgan fingerprint density at radius 1 is 1.20 bits per heavy atom. The highest BCUT2D eigenvalue weighted by Gasteiger charge is 1.78. The fourth-order valence-electron chi connectivity index (χ4n) is 0.768. The normalized spacial score (nSPS) is 10.4. The zero-order chi connectivity index (χ0) is 7.23. The van der Waals surface area contributed by atoms with Crippen LogP contribution in [0.5, 0.6) is 0 Å². The summed E-state index contributed by atoms with van der Waals surface area (Å²) in [6.45, 7) is 0. The largest absolute Gasteiger partial charge is 0.0925 e. The molecule has 2 radical (unpaired) electrons. The van der Waals surface area contributed by atoms with Crippen LogP contribution in [0.4, 0.5) is 0 Å². The summed E-state index contributed by atoms with van der Waals surface area (Å²) in [6.07, 6.45) is 4.56. The molecule has 0 aliphatic rings. The van der Waals surface area contributed by atoms with E-state index in [1.807, 2.05) is 42.5 Å². The van der Waals surface area contributed by atoms with Gasteiger partial charge in [-0.2, -0.15) is 0 Å². The van der Waals surface area contributed by atoms with Crippen LogP contribution in [0.1, 0.15) is 5.56 Å². The summed E-state index contributed by atoms with van der Waals surface area (Å²) in [7, 11) is 5.29. The van der Waals surface area contributed by atoms with Crippen LogP contribution in [0.25, 0.3) is 6.08 Å². The molecule has 10 heavy (non-hydrogen) atoms. The lowest BCUT2D eigenvalue weighted by molar-refractivity contribution is 1.64. The lowest BCUT2D eigenvalue weighted by atomic mass is 10.0. The Balaban J connectivity index is 2.67. The molecule has 48 valence electrons. The third kappa shape index (κ3) is 2.10. The van der Waals surface area contributed by atoms with Crippen molar-refractivity contribution < 1.29 is 0 Å². The van der Waals surface area contributed by atoms with E-state index in [0.717, 1.165) is 0 Å². The molecule has 1 rings (SSSR count). The summed E-state index contributed by atoms with van der Waals surface area (Å²) in [5, 5.41) is 0. The molecule has 0 heterocycles. The minimum absolute atomic E-state index is 0.606. The van der Waals surface area contributed by atoms with Gasteiger partial charge in [-0.05, 0) is 5.56 Å². The molecule has 0 aromatic heterocycles. The van der Waals surface area contributed by atoms with Crippen LogP contribution in [-0.2, 0) is 0 Å². The van der Waals surface area contributed by atoms with Gasteiger partial charge in [-0.3, -0.25) is 0 Å². The number of hydrogen-bond acceptors (Lipinski definition) is 0. The quantitative estimate of drug-likeness (QED) is 0.536. The average molecular weight is 128 g/mol. The predicted molar refractivity (Wildman–Crippen MR) is 46.0 cm³/mol. The van der Waals surface area contributed by atoms with Gasteiger partial charge in [0.15, 0.2) is 0 Å². The van der Waals surface area contributed by atoms with Gasteiger partial charge in [-0.15, -0.1) is 0 Å². The summed E-state index contributed by atoms with van der Waals surface area (Å²) in [4.78, 5) is 0. The number of benzene rings is 1. The van der Waals surface area contributed by atoms with Crippen molar-refractivity contribution in [1.82, 2.24) is 0 Å². The van der Waals surface area contributed by atoms with E-state index < -0.39 is 0 Å². The van der Waals surface area contributed by atoms with Crippen LogP contribution in [-0.4, -0.2) is 7.85 Å². The van der Waals surface area contributed by atoms with E-state index in [0.29, 0.717) is 6.32 Å². The highest BCUT2D eigenvalue weighted by Crippen LogP contribution is 2.00. The van der Waals surface area contributed by atoms with Gasteiger partial charge in [0, 0.05) is 0 Å². The van der Waals surface area contributed by atoms with Gasteiger partial charge < -0.3 is 0 Å². The van der Waals surface area contributed by atoms with Crippen LogP contribution in [0.2, 0.25) is 6.32 Å². The molecule has 0 nitrogen and oxygen atoms in total. The molecule has 0 bridgehead atoms. The average Bonchev–Trinajstić information content (AvgIpc) is 2.03. The van der Waals surface area contributed by atoms with E-state index in [4.69, 9.17) is 7.85 Å². The predicted octanol–water partition coefficient (Wildman–Crippen LogP) is 2.29. The van der Waals surface area contributed by atoms with Gasteiger partial charge in [0.25, 0.3) is 0 Å². The summed E-state index contributed by atoms with van der Waals surface area (Å²) in [5.41, 5.74) is 1.20. The molecule has 0 spiro atoms. The summed E-state index contributed by atoms with van der Waals surface area (Å²) < 4.78 is 0. The standard InChI is InChI=1S/C9H9B/c10-8-4-7-9-5-2-1-3-6-9/h1-7H,8H2. The van der Waals surface area contributed by atoms with Gasteiger partial charge in [-0.25, -0.2) is 0 Å². The maximum Gasteiger partial charge on any atom is 0.0708 e. The van der Waals surface area contributed by atoms with Gasteiger partial charge in [0.1, 0.15) is 0 Å². The molecule has 0 N–H and O–H groups in total. The Morgan fingerprint density at radius 3 is 2.50 bits per heavy atom. The maximum atomic E-state index is 5.29. The Bertz CT molecular complexity index is 201. The van der Waals surface area contributed by atoms with E-state index in [9.17, 15) is 0 Å². The first-order valence-corrected chi connectivity index (χ1v) is 3.35. The zero-order valence-corrected chi connectivity index (χ0v) is 5.83. The zero-order valence-electron chi connectivity index (χ0n) is 5.83. The number of hydrogen-bond donors (Lipinski definition) is 0. The molecule has 0 aliphatic carbocycles.